The molecule has 4 nitrogen and oxygen atoms in total. The molecule has 4 heteroatoms. The van der Waals surface area contributed by atoms with Crippen molar-refractivity contribution in [3.8, 4) is 0 Å². The number of nitrogens with one attached hydrogen (secondary N) is 1. The molecule has 0 aromatic carbocycles. The van der Waals surface area contributed by atoms with E-state index in [1.54, 1.807) is 18.7 Å². The van der Waals surface area contributed by atoms with Gasteiger partial charge >= 0.3 is 0 Å². The van der Waals surface area contributed by atoms with E-state index in [1.165, 1.54) is 0 Å². The molecule has 0 unspecified atom stereocenters. The van der Waals surface area contributed by atoms with Gasteiger partial charge in [0.25, 0.3) is 0 Å². The van der Waals surface area contributed by atoms with Crippen LogP contribution in [0.5, 0.6) is 0 Å². The molecule has 0 aromatic rings. The summed E-state index contributed by atoms with van der Waals surface area (Å²) < 4.78 is 0. The van der Waals surface area contributed by atoms with Crippen LogP contribution in [0.1, 0.15) is 26.7 Å². The van der Waals surface area contributed by atoms with E-state index in [0.29, 0.717) is 0 Å². The first kappa shape index (κ1) is 10.2. The lowest BCUT2D eigenvalue weighted by molar-refractivity contribution is -0.150. The molecular weight excluding hydrogens is 192 g/mol. The third-order valence-corrected chi connectivity index (χ3v) is 2.99. The fourth-order valence-electron chi connectivity index (χ4n) is 2.18. The molecule has 0 saturated carbocycles. The third-order valence-electron chi connectivity index (χ3n) is 2.99. The van der Waals surface area contributed by atoms with E-state index in [4.69, 9.17) is 0 Å². The Kier molecular flexibility index (Phi) is 2.29. The summed E-state index contributed by atoms with van der Waals surface area (Å²) in [6, 6.07) is 0.183. The van der Waals surface area contributed by atoms with Crippen molar-refractivity contribution in [3.63, 3.8) is 0 Å². The molecule has 82 valence electrons. The molecule has 1 heterocycles. The van der Waals surface area contributed by atoms with Crippen LogP contribution in [0.15, 0.2) is 12.2 Å². The monoisotopic (exact) mass is 208 g/mol. The standard InChI is InChI=1S/C11H16N2O2/c1-11(2)10(15)13(7-9(14)12-11)8-5-3-4-6-8/h3-4,8H,5-7H2,1-2H3,(H,12,14). The summed E-state index contributed by atoms with van der Waals surface area (Å²) in [6.45, 7) is 3.71. The molecule has 2 rings (SSSR count). The molecule has 0 atom stereocenters. The summed E-state index contributed by atoms with van der Waals surface area (Å²) in [6.07, 6.45) is 5.87. The van der Waals surface area contributed by atoms with E-state index in [9.17, 15) is 9.59 Å². The van der Waals surface area contributed by atoms with Crippen molar-refractivity contribution in [2.24, 2.45) is 0 Å². The van der Waals surface area contributed by atoms with Gasteiger partial charge in [-0.1, -0.05) is 12.2 Å². The maximum atomic E-state index is 12.1. The maximum Gasteiger partial charge on any atom is 0.248 e. The number of amides is 2. The Morgan fingerprint density at radius 1 is 1.33 bits per heavy atom. The molecule has 2 aliphatic rings. The van der Waals surface area contributed by atoms with Gasteiger partial charge in [0.15, 0.2) is 0 Å². The zero-order valence-electron chi connectivity index (χ0n) is 9.12. The second-order valence-electron chi connectivity index (χ2n) is 4.70. The fourth-order valence-corrected chi connectivity index (χ4v) is 2.18. The molecular formula is C11H16N2O2. The number of rotatable bonds is 1. The van der Waals surface area contributed by atoms with Gasteiger partial charge in [-0.25, -0.2) is 0 Å². The van der Waals surface area contributed by atoms with Crippen LogP contribution in [0.25, 0.3) is 0 Å². The second kappa shape index (κ2) is 3.36. The summed E-state index contributed by atoms with van der Waals surface area (Å²) >= 11 is 0. The molecule has 1 aliphatic heterocycles. The minimum absolute atomic E-state index is 0.0239. The summed E-state index contributed by atoms with van der Waals surface area (Å²) in [4.78, 5) is 25.2. The molecule has 1 aliphatic carbocycles. The van der Waals surface area contributed by atoms with Gasteiger partial charge in [-0.15, -0.1) is 0 Å². The van der Waals surface area contributed by atoms with Crippen molar-refractivity contribution < 1.29 is 9.59 Å². The van der Waals surface area contributed by atoms with Crippen molar-refractivity contribution in [3.05, 3.63) is 12.2 Å². The number of hydrogen-bond acceptors (Lipinski definition) is 2. The van der Waals surface area contributed by atoms with Gasteiger partial charge in [0.05, 0.1) is 6.54 Å². The number of hydrogen-bond donors (Lipinski definition) is 1. The van der Waals surface area contributed by atoms with Crippen molar-refractivity contribution in [1.29, 1.82) is 0 Å². The molecule has 0 aromatic heterocycles. The summed E-state index contributed by atoms with van der Waals surface area (Å²) in [5.41, 5.74) is -0.752. The van der Waals surface area contributed by atoms with Crippen molar-refractivity contribution in [2.75, 3.05) is 6.54 Å². The smallest absolute Gasteiger partial charge is 0.248 e. The molecule has 0 radical (unpaired) electrons. The lowest BCUT2D eigenvalue weighted by Crippen LogP contribution is -2.65. The molecule has 15 heavy (non-hydrogen) atoms. The van der Waals surface area contributed by atoms with E-state index >= 15 is 0 Å². The first-order valence-electron chi connectivity index (χ1n) is 5.28. The first-order chi connectivity index (χ1) is 7.00. The van der Waals surface area contributed by atoms with E-state index in [2.05, 4.69) is 17.5 Å². The van der Waals surface area contributed by atoms with Gasteiger partial charge in [-0.05, 0) is 26.7 Å². The SMILES string of the molecule is CC1(C)NC(=O)CN(C2CC=CC2)C1=O. The average molecular weight is 208 g/mol. The Labute approximate surface area is 89.3 Å². The molecule has 0 bridgehead atoms. The number of piperazine rings is 1. The van der Waals surface area contributed by atoms with Crippen molar-refractivity contribution in [1.82, 2.24) is 10.2 Å². The highest BCUT2D eigenvalue weighted by molar-refractivity contribution is 5.97. The van der Waals surface area contributed by atoms with Crippen LogP contribution in [0.2, 0.25) is 0 Å². The normalized spacial score (nSPS) is 25.9. The van der Waals surface area contributed by atoms with Crippen LogP contribution in [0.4, 0.5) is 0 Å². The average Bonchev–Trinajstić information content (AvgIpc) is 2.63. The third kappa shape index (κ3) is 1.76. The van der Waals surface area contributed by atoms with E-state index in [-0.39, 0.29) is 24.4 Å². The van der Waals surface area contributed by atoms with Crippen molar-refractivity contribution in [2.45, 2.75) is 38.3 Å². The molecule has 1 saturated heterocycles. The Hall–Kier alpha value is -1.32. The quantitative estimate of drug-likeness (QED) is 0.636. The highest BCUT2D eigenvalue weighted by Gasteiger charge is 2.41. The summed E-state index contributed by atoms with van der Waals surface area (Å²) in [7, 11) is 0. The van der Waals surface area contributed by atoms with Gasteiger partial charge in [-0.2, -0.15) is 0 Å². The highest BCUT2D eigenvalue weighted by Crippen LogP contribution is 2.22. The fraction of sp³-hybridized carbons (Fsp3) is 0.636. The number of carbonyl (C=O) groups excluding carboxylic acids is 2. The molecule has 2 amide bonds. The van der Waals surface area contributed by atoms with Gasteiger partial charge in [0.2, 0.25) is 11.8 Å². The van der Waals surface area contributed by atoms with E-state index in [1.807, 2.05) is 0 Å². The first-order valence-corrected chi connectivity index (χ1v) is 5.28. The number of nitrogens with zero attached hydrogens (tertiary/aromatic N) is 1. The predicted molar refractivity (Wildman–Crippen MR) is 56.1 cm³/mol. The minimum Gasteiger partial charge on any atom is -0.341 e. The Bertz CT molecular complexity index is 325. The van der Waals surface area contributed by atoms with E-state index < -0.39 is 5.54 Å². The molecule has 1 N–H and O–H groups in total. The molecule has 0 spiro atoms. The van der Waals surface area contributed by atoms with Crippen LogP contribution in [-0.4, -0.2) is 34.8 Å². The van der Waals surface area contributed by atoms with Crippen LogP contribution in [0, 0.1) is 0 Å². The summed E-state index contributed by atoms with van der Waals surface area (Å²) in [5, 5.41) is 2.71. The van der Waals surface area contributed by atoms with Crippen LogP contribution in [-0.2, 0) is 9.59 Å². The van der Waals surface area contributed by atoms with Gasteiger partial charge in [0.1, 0.15) is 5.54 Å². The Balaban J connectivity index is 2.16. The lowest BCUT2D eigenvalue weighted by Gasteiger charge is -2.40. The van der Waals surface area contributed by atoms with Crippen molar-refractivity contribution >= 4 is 11.8 Å². The van der Waals surface area contributed by atoms with Gasteiger partial charge in [0, 0.05) is 6.04 Å². The zero-order valence-corrected chi connectivity index (χ0v) is 9.12. The van der Waals surface area contributed by atoms with Crippen LogP contribution in [0.3, 0.4) is 0 Å². The molecule has 1 fully saturated rings. The zero-order chi connectivity index (χ0) is 11.1. The van der Waals surface area contributed by atoms with Gasteiger partial charge in [-0.3, -0.25) is 9.59 Å². The predicted octanol–water partition coefficient (Wildman–Crippen LogP) is 0.442. The number of carbonyl (C=O) groups is 2. The van der Waals surface area contributed by atoms with Crippen LogP contribution < -0.4 is 5.32 Å². The lowest BCUT2D eigenvalue weighted by atomic mass is 9.98. The Morgan fingerprint density at radius 2 is 1.93 bits per heavy atom. The van der Waals surface area contributed by atoms with Crippen LogP contribution >= 0.6 is 0 Å². The maximum absolute atomic E-state index is 12.1. The second-order valence-corrected chi connectivity index (χ2v) is 4.70. The van der Waals surface area contributed by atoms with E-state index in [0.717, 1.165) is 12.8 Å². The minimum atomic E-state index is -0.752. The highest BCUT2D eigenvalue weighted by atomic mass is 16.2. The summed E-state index contributed by atoms with van der Waals surface area (Å²) in [5.74, 6) is -0.0395. The van der Waals surface area contributed by atoms with Gasteiger partial charge < -0.3 is 10.2 Å². The Morgan fingerprint density at radius 3 is 2.53 bits per heavy atom. The topological polar surface area (TPSA) is 49.4 Å². The largest absolute Gasteiger partial charge is 0.341 e.